The van der Waals surface area contributed by atoms with E-state index in [0.29, 0.717) is 11.4 Å². The molecular formula is C17H16N2O3. The lowest BCUT2D eigenvalue weighted by molar-refractivity contribution is 0.111. The van der Waals surface area contributed by atoms with Crippen molar-refractivity contribution in [1.29, 1.82) is 0 Å². The van der Waals surface area contributed by atoms with Crippen molar-refractivity contribution < 1.29 is 14.3 Å². The number of hydrogen-bond donors (Lipinski definition) is 1. The van der Waals surface area contributed by atoms with E-state index in [1.54, 1.807) is 42.3 Å². The van der Waals surface area contributed by atoms with Crippen molar-refractivity contribution in [3.63, 3.8) is 0 Å². The molecule has 5 nitrogen and oxygen atoms in total. The summed E-state index contributed by atoms with van der Waals surface area (Å²) in [5.74, 6) is 0.932. The minimum Gasteiger partial charge on any atom is -0.508 e. The number of aromatic nitrogens is 2. The van der Waals surface area contributed by atoms with Crippen LogP contribution >= 0.6 is 0 Å². The second-order valence-corrected chi connectivity index (χ2v) is 5.25. The van der Waals surface area contributed by atoms with E-state index in [0.717, 1.165) is 34.3 Å². The molecular weight excluding hydrogens is 280 g/mol. The molecule has 0 aliphatic heterocycles. The zero-order valence-electron chi connectivity index (χ0n) is 12.6. The van der Waals surface area contributed by atoms with E-state index < -0.39 is 0 Å². The van der Waals surface area contributed by atoms with Gasteiger partial charge in [-0.1, -0.05) is 0 Å². The van der Waals surface area contributed by atoms with Crippen LogP contribution in [0.1, 0.15) is 21.8 Å². The molecule has 1 aromatic carbocycles. The third kappa shape index (κ3) is 2.11. The summed E-state index contributed by atoms with van der Waals surface area (Å²) in [6.07, 6.45) is 2.48. The summed E-state index contributed by atoms with van der Waals surface area (Å²) in [5.41, 5.74) is 4.61. The molecule has 0 bridgehead atoms. The summed E-state index contributed by atoms with van der Waals surface area (Å²) >= 11 is 0. The Morgan fingerprint density at radius 1 is 1.18 bits per heavy atom. The minimum atomic E-state index is 0.188. The van der Waals surface area contributed by atoms with Gasteiger partial charge in [-0.15, -0.1) is 0 Å². The number of aromatic hydroxyl groups is 1. The third-order valence-electron chi connectivity index (χ3n) is 3.75. The van der Waals surface area contributed by atoms with Crippen LogP contribution in [0.4, 0.5) is 0 Å². The van der Waals surface area contributed by atoms with Crippen LogP contribution in [0.25, 0.3) is 22.4 Å². The van der Waals surface area contributed by atoms with Gasteiger partial charge in [-0.05, 0) is 43.7 Å². The summed E-state index contributed by atoms with van der Waals surface area (Å²) in [5, 5.41) is 13.9. The van der Waals surface area contributed by atoms with Crippen LogP contribution in [0.3, 0.4) is 0 Å². The van der Waals surface area contributed by atoms with E-state index in [1.165, 1.54) is 0 Å². The number of carbonyl (C=O) groups excluding carboxylic acids is 1. The summed E-state index contributed by atoms with van der Waals surface area (Å²) in [7, 11) is 1.74. The number of furan rings is 1. The van der Waals surface area contributed by atoms with Gasteiger partial charge >= 0.3 is 0 Å². The summed E-state index contributed by atoms with van der Waals surface area (Å²) in [4.78, 5) is 11.5. The SMILES string of the molecule is Cc1coc(C)c1-c1c(-c2ccc(O)cc2)nn(C)c1C=O. The number of aldehydes is 1. The summed E-state index contributed by atoms with van der Waals surface area (Å²) in [6.45, 7) is 3.80. The van der Waals surface area contributed by atoms with Gasteiger partial charge in [0.05, 0.1) is 6.26 Å². The Morgan fingerprint density at radius 3 is 2.41 bits per heavy atom. The molecule has 0 atom stereocenters. The lowest BCUT2D eigenvalue weighted by Gasteiger charge is -2.05. The van der Waals surface area contributed by atoms with Crippen molar-refractivity contribution >= 4 is 6.29 Å². The number of nitrogens with zero attached hydrogens (tertiary/aromatic N) is 2. The summed E-state index contributed by atoms with van der Waals surface area (Å²) < 4.78 is 7.04. The van der Waals surface area contributed by atoms with E-state index in [9.17, 15) is 9.90 Å². The Hall–Kier alpha value is -2.82. The van der Waals surface area contributed by atoms with Gasteiger partial charge in [0.25, 0.3) is 0 Å². The fourth-order valence-electron chi connectivity index (χ4n) is 2.69. The van der Waals surface area contributed by atoms with Crippen molar-refractivity contribution in [2.45, 2.75) is 13.8 Å². The highest BCUT2D eigenvalue weighted by Gasteiger charge is 2.23. The van der Waals surface area contributed by atoms with Gasteiger partial charge in [0.2, 0.25) is 0 Å². The molecule has 3 aromatic rings. The largest absolute Gasteiger partial charge is 0.508 e. The van der Waals surface area contributed by atoms with Gasteiger partial charge in [0.1, 0.15) is 22.9 Å². The quantitative estimate of drug-likeness (QED) is 0.751. The highest BCUT2D eigenvalue weighted by Crippen LogP contribution is 2.38. The first kappa shape index (κ1) is 14.1. The number of benzene rings is 1. The van der Waals surface area contributed by atoms with E-state index in [-0.39, 0.29) is 5.75 Å². The monoisotopic (exact) mass is 296 g/mol. The van der Waals surface area contributed by atoms with Crippen LogP contribution in [0, 0.1) is 13.8 Å². The standard InChI is InChI=1S/C17H16N2O3/c1-10-9-22-11(2)15(10)16-14(8-20)19(3)18-17(16)12-4-6-13(21)7-5-12/h4-9,21H,1-3H3. The van der Waals surface area contributed by atoms with E-state index in [1.807, 2.05) is 13.8 Å². The van der Waals surface area contributed by atoms with Gasteiger partial charge in [0, 0.05) is 23.7 Å². The topological polar surface area (TPSA) is 68.3 Å². The molecule has 0 saturated heterocycles. The van der Waals surface area contributed by atoms with Crippen LogP contribution in [-0.4, -0.2) is 21.2 Å². The second-order valence-electron chi connectivity index (χ2n) is 5.25. The lowest BCUT2D eigenvalue weighted by atomic mass is 9.97. The molecule has 0 aliphatic carbocycles. The Kier molecular flexibility index (Phi) is 3.33. The van der Waals surface area contributed by atoms with Gasteiger partial charge in [-0.25, -0.2) is 0 Å². The van der Waals surface area contributed by atoms with Gasteiger partial charge in [-0.3, -0.25) is 9.48 Å². The average molecular weight is 296 g/mol. The fraction of sp³-hybridized carbons (Fsp3) is 0.176. The van der Waals surface area contributed by atoms with Crippen LogP contribution in [0.15, 0.2) is 34.9 Å². The predicted octanol–water partition coefficient (Wildman–Crippen LogP) is 3.48. The van der Waals surface area contributed by atoms with Crippen molar-refractivity contribution in [1.82, 2.24) is 9.78 Å². The number of phenolic OH excluding ortho intramolecular Hbond substituents is 1. The zero-order valence-corrected chi connectivity index (χ0v) is 12.6. The van der Waals surface area contributed by atoms with Crippen LogP contribution in [0.5, 0.6) is 5.75 Å². The molecule has 0 fully saturated rings. The molecule has 1 N–H and O–H groups in total. The minimum absolute atomic E-state index is 0.188. The molecule has 112 valence electrons. The number of hydrogen-bond acceptors (Lipinski definition) is 4. The predicted molar refractivity (Wildman–Crippen MR) is 82.9 cm³/mol. The van der Waals surface area contributed by atoms with Gasteiger partial charge < -0.3 is 9.52 Å². The first-order chi connectivity index (χ1) is 10.5. The Labute approximate surface area is 127 Å². The van der Waals surface area contributed by atoms with Crippen LogP contribution in [-0.2, 0) is 7.05 Å². The third-order valence-corrected chi connectivity index (χ3v) is 3.75. The molecule has 5 heteroatoms. The summed E-state index contributed by atoms with van der Waals surface area (Å²) in [6, 6.07) is 6.76. The van der Waals surface area contributed by atoms with E-state index >= 15 is 0 Å². The molecule has 0 saturated carbocycles. The van der Waals surface area contributed by atoms with Crippen molar-refractivity contribution in [3.8, 4) is 28.1 Å². The Balaban J connectivity index is 2.33. The Morgan fingerprint density at radius 2 is 1.86 bits per heavy atom. The highest BCUT2D eigenvalue weighted by molar-refractivity contribution is 5.94. The molecule has 0 amide bonds. The Bertz CT molecular complexity index is 822. The van der Waals surface area contributed by atoms with E-state index in [2.05, 4.69) is 5.10 Å². The van der Waals surface area contributed by atoms with Crippen molar-refractivity contribution in [2.75, 3.05) is 0 Å². The zero-order chi connectivity index (χ0) is 15.9. The van der Waals surface area contributed by atoms with Crippen LogP contribution in [0.2, 0.25) is 0 Å². The van der Waals surface area contributed by atoms with Crippen molar-refractivity contribution in [2.24, 2.45) is 7.05 Å². The molecule has 0 spiro atoms. The molecule has 2 heterocycles. The lowest BCUT2D eigenvalue weighted by Crippen LogP contribution is -1.97. The van der Waals surface area contributed by atoms with Gasteiger partial charge in [-0.2, -0.15) is 5.10 Å². The molecule has 22 heavy (non-hydrogen) atoms. The molecule has 2 aromatic heterocycles. The highest BCUT2D eigenvalue weighted by atomic mass is 16.3. The van der Waals surface area contributed by atoms with Gasteiger partial charge in [0.15, 0.2) is 6.29 Å². The number of carbonyl (C=O) groups is 1. The first-order valence-electron chi connectivity index (χ1n) is 6.89. The van der Waals surface area contributed by atoms with E-state index in [4.69, 9.17) is 4.42 Å². The maximum Gasteiger partial charge on any atom is 0.168 e. The van der Waals surface area contributed by atoms with Crippen molar-refractivity contribution in [3.05, 3.63) is 47.5 Å². The normalized spacial score (nSPS) is 10.9. The average Bonchev–Trinajstić information content (AvgIpc) is 2.99. The number of aryl methyl sites for hydroxylation is 3. The van der Waals surface area contributed by atoms with Crippen LogP contribution < -0.4 is 0 Å². The molecule has 0 unspecified atom stereocenters. The number of rotatable bonds is 3. The molecule has 0 radical (unpaired) electrons. The second kappa shape index (κ2) is 5.18. The maximum atomic E-state index is 11.5. The molecule has 0 aliphatic rings. The maximum absolute atomic E-state index is 11.5. The number of phenols is 1. The first-order valence-corrected chi connectivity index (χ1v) is 6.89. The fourth-order valence-corrected chi connectivity index (χ4v) is 2.69. The molecule has 3 rings (SSSR count). The smallest absolute Gasteiger partial charge is 0.168 e.